The number of hydrogen-bond acceptors (Lipinski definition) is 2. The molecule has 0 N–H and O–H groups in total. The number of hydrogen-bond donors (Lipinski definition) is 0. The van der Waals surface area contributed by atoms with E-state index in [4.69, 9.17) is 9.97 Å². The summed E-state index contributed by atoms with van der Waals surface area (Å²) >= 11 is 0. The molecule has 0 unspecified atom stereocenters. The number of rotatable bonds is 4. The molecule has 0 saturated carbocycles. The second-order valence-corrected chi connectivity index (χ2v) is 9.22. The average Bonchev–Trinajstić information content (AvgIpc) is 3.53. The molecular weight excluding hydrogens is 465 g/mol. The van der Waals surface area contributed by atoms with Crippen molar-refractivity contribution >= 4 is 56.2 Å². The minimum atomic E-state index is 0. The second kappa shape index (κ2) is 11.6. The van der Waals surface area contributed by atoms with Gasteiger partial charge in [0.15, 0.2) is 0 Å². The van der Waals surface area contributed by atoms with Gasteiger partial charge < -0.3 is 19.8 Å². The van der Waals surface area contributed by atoms with Gasteiger partial charge in [-0.25, -0.2) is 0 Å². The molecule has 0 aliphatic carbocycles. The van der Waals surface area contributed by atoms with Gasteiger partial charge in [0, 0.05) is 39.6 Å². The Kier molecular flexibility index (Phi) is 8.26. The normalized spacial score (nSPS) is 10.5. The van der Waals surface area contributed by atoms with Crippen LogP contribution >= 0.6 is 0 Å². The van der Waals surface area contributed by atoms with Gasteiger partial charge in [0.05, 0.1) is 0 Å². The summed E-state index contributed by atoms with van der Waals surface area (Å²) in [5.41, 5.74) is 8.95. The summed E-state index contributed by atoms with van der Waals surface area (Å²) < 4.78 is 0. The van der Waals surface area contributed by atoms with Gasteiger partial charge in [-0.05, 0) is 34.0 Å². The molecule has 5 heteroatoms. The third kappa shape index (κ3) is 5.68. The Bertz CT molecular complexity index is 1420. The Morgan fingerprint density at radius 1 is 0.459 bits per heavy atom. The molecule has 6 rings (SSSR count). The topological polar surface area (TPSA) is 34.7 Å². The maximum Gasteiger partial charge on any atom is 2.00 e. The molecule has 0 spiro atoms. The number of anilines is 2. The van der Waals surface area contributed by atoms with Gasteiger partial charge >= 0.3 is 23.1 Å². The Labute approximate surface area is 235 Å². The van der Waals surface area contributed by atoms with E-state index >= 15 is 0 Å². The third-order valence-corrected chi connectivity index (χ3v) is 6.26. The van der Waals surface area contributed by atoms with Crippen molar-refractivity contribution in [3.63, 3.8) is 0 Å². The summed E-state index contributed by atoms with van der Waals surface area (Å²) in [5, 5.41) is 2.39. The molecule has 37 heavy (non-hydrogen) atoms. The Balaban J connectivity index is 0.000000168. The molecule has 0 atom stereocenters. The van der Waals surface area contributed by atoms with Crippen LogP contribution in [0.15, 0.2) is 109 Å². The summed E-state index contributed by atoms with van der Waals surface area (Å²) in [4.78, 5) is 13.6. The van der Waals surface area contributed by atoms with E-state index in [0.717, 1.165) is 22.4 Å². The van der Waals surface area contributed by atoms with Crippen LogP contribution in [-0.2, 0) is 0 Å². The Morgan fingerprint density at radius 2 is 0.811 bits per heavy atom. The van der Waals surface area contributed by atoms with E-state index in [2.05, 4.69) is 123 Å². The molecule has 2 aromatic heterocycles. The van der Waals surface area contributed by atoms with Crippen LogP contribution in [0.3, 0.4) is 0 Å². The van der Waals surface area contributed by atoms with Gasteiger partial charge in [-0.3, -0.25) is 0 Å². The van der Waals surface area contributed by atoms with Gasteiger partial charge in [-0.15, -0.1) is 22.4 Å². The van der Waals surface area contributed by atoms with Crippen molar-refractivity contribution in [3.05, 3.63) is 109 Å². The predicted molar refractivity (Wildman–Crippen MR) is 160 cm³/mol. The first-order chi connectivity index (χ1) is 17.5. The Hall–Kier alpha value is -3.67. The maximum atomic E-state index is 4.70. The van der Waals surface area contributed by atoms with Crippen LogP contribution in [0, 0.1) is 0 Å². The van der Waals surface area contributed by atoms with Crippen molar-refractivity contribution in [1.29, 1.82) is 0 Å². The van der Waals surface area contributed by atoms with Gasteiger partial charge in [0.25, 0.3) is 0 Å². The van der Waals surface area contributed by atoms with Gasteiger partial charge in [-0.2, -0.15) is 0 Å². The Morgan fingerprint density at radius 3 is 1.19 bits per heavy atom. The molecule has 0 radical (unpaired) electrons. The zero-order valence-corrected chi connectivity index (χ0v) is 23.3. The quantitative estimate of drug-likeness (QED) is 0.256. The zero-order valence-electron chi connectivity index (χ0n) is 21.9. The molecule has 2 heterocycles. The molecule has 4 nitrogen and oxygen atoms in total. The average molecular weight is 495 g/mol. The molecule has 180 valence electrons. The summed E-state index contributed by atoms with van der Waals surface area (Å²) in [6, 6.07) is 37.5. The minimum absolute atomic E-state index is 0. The fraction of sp³-hybridized carbons (Fsp3) is 0.125. The summed E-state index contributed by atoms with van der Waals surface area (Å²) in [5.74, 6) is 0. The first kappa shape index (κ1) is 26.4. The molecular formula is C32H30MgN4. The number of aromatic nitrogens is 2. The van der Waals surface area contributed by atoms with E-state index in [0.29, 0.717) is 0 Å². The van der Waals surface area contributed by atoms with E-state index in [1.807, 2.05) is 24.3 Å². The van der Waals surface area contributed by atoms with E-state index < -0.39 is 0 Å². The SMILES string of the molecule is CN(C)c1ccccc1-c1cc2ccccc2[n-]1.CN(C)c1ccccc1-c1cc2ccccc2[n-]1.[Mg+2]. The number of para-hydroxylation sites is 4. The number of benzene rings is 4. The van der Waals surface area contributed by atoms with Gasteiger partial charge in [0.1, 0.15) is 0 Å². The van der Waals surface area contributed by atoms with Crippen LogP contribution in [-0.4, -0.2) is 51.2 Å². The fourth-order valence-electron chi connectivity index (χ4n) is 4.48. The molecule has 0 fully saturated rings. The molecule has 0 aliphatic heterocycles. The summed E-state index contributed by atoms with van der Waals surface area (Å²) in [7, 11) is 8.23. The summed E-state index contributed by atoms with van der Waals surface area (Å²) in [6.45, 7) is 0. The van der Waals surface area contributed by atoms with Crippen molar-refractivity contribution in [2.75, 3.05) is 38.0 Å². The third-order valence-electron chi connectivity index (χ3n) is 6.26. The van der Waals surface area contributed by atoms with Gasteiger partial charge in [-0.1, -0.05) is 97.1 Å². The number of nitrogens with zero attached hydrogens (tertiary/aromatic N) is 4. The maximum absolute atomic E-state index is 4.70. The molecule has 0 saturated heterocycles. The minimum Gasteiger partial charge on any atom is -0.657 e. The molecule has 0 amide bonds. The van der Waals surface area contributed by atoms with E-state index in [-0.39, 0.29) is 23.1 Å². The first-order valence-corrected chi connectivity index (χ1v) is 12.1. The molecule has 0 aliphatic rings. The molecule has 0 bridgehead atoms. The van der Waals surface area contributed by atoms with Crippen LogP contribution in [0.2, 0.25) is 0 Å². The zero-order chi connectivity index (χ0) is 25.1. The largest absolute Gasteiger partial charge is 2.00 e. The van der Waals surface area contributed by atoms with Crippen LogP contribution in [0.5, 0.6) is 0 Å². The molecule has 4 aromatic carbocycles. The monoisotopic (exact) mass is 494 g/mol. The van der Waals surface area contributed by atoms with E-state index in [1.165, 1.54) is 33.3 Å². The number of fused-ring (bicyclic) bond motifs is 2. The van der Waals surface area contributed by atoms with Crippen LogP contribution in [0.25, 0.3) is 44.3 Å². The predicted octanol–water partition coefficient (Wildman–Crippen LogP) is 6.68. The van der Waals surface area contributed by atoms with Crippen LogP contribution in [0.1, 0.15) is 0 Å². The van der Waals surface area contributed by atoms with Crippen molar-refractivity contribution in [1.82, 2.24) is 9.97 Å². The molecule has 6 aromatic rings. The van der Waals surface area contributed by atoms with Crippen molar-refractivity contribution in [2.45, 2.75) is 0 Å². The fourth-order valence-corrected chi connectivity index (χ4v) is 4.48. The van der Waals surface area contributed by atoms with Gasteiger partial charge in [0.2, 0.25) is 0 Å². The van der Waals surface area contributed by atoms with E-state index in [9.17, 15) is 0 Å². The first-order valence-electron chi connectivity index (χ1n) is 12.1. The summed E-state index contributed by atoms with van der Waals surface area (Å²) in [6.07, 6.45) is 0. The van der Waals surface area contributed by atoms with Crippen LogP contribution in [0.4, 0.5) is 11.4 Å². The second-order valence-electron chi connectivity index (χ2n) is 9.22. The van der Waals surface area contributed by atoms with Crippen molar-refractivity contribution in [3.8, 4) is 22.5 Å². The smallest absolute Gasteiger partial charge is 0.657 e. The van der Waals surface area contributed by atoms with E-state index in [1.54, 1.807) is 0 Å². The van der Waals surface area contributed by atoms with Crippen molar-refractivity contribution < 1.29 is 0 Å². The van der Waals surface area contributed by atoms with Crippen LogP contribution < -0.4 is 19.8 Å². The standard InChI is InChI=1S/2C16H15N2.Mg/c2*1-18(2)16-10-6-4-8-13(16)15-11-12-7-3-5-9-14(12)17-15;/h2*3-11H,1-2H3;/q2*-1;+2. The van der Waals surface area contributed by atoms with Crippen molar-refractivity contribution in [2.24, 2.45) is 0 Å².